The van der Waals surface area contributed by atoms with Crippen molar-refractivity contribution in [1.82, 2.24) is 9.78 Å². The lowest BCUT2D eigenvalue weighted by Crippen LogP contribution is -3.12. The number of benzene rings is 1. The van der Waals surface area contributed by atoms with E-state index in [-0.39, 0.29) is 0 Å². The maximum atomic E-state index is 6.16. The number of likely N-dealkylation sites (tertiary alicyclic amines) is 1. The number of nitrogens with zero attached hydrogens (tertiary/aromatic N) is 2. The highest BCUT2D eigenvalue weighted by Crippen LogP contribution is 2.25. The molecule has 0 unspecified atom stereocenters. The van der Waals surface area contributed by atoms with Crippen LogP contribution in [0.5, 0.6) is 0 Å². The van der Waals surface area contributed by atoms with Crippen LogP contribution in [0.3, 0.4) is 0 Å². The van der Waals surface area contributed by atoms with Gasteiger partial charge in [-0.2, -0.15) is 4.68 Å². The lowest BCUT2D eigenvalue weighted by Gasteiger charge is -2.22. The summed E-state index contributed by atoms with van der Waals surface area (Å²) in [4.78, 5) is 1.92. The van der Waals surface area contributed by atoms with Crippen molar-refractivity contribution in [3.05, 3.63) is 34.1 Å². The summed E-state index contributed by atoms with van der Waals surface area (Å²) in [6.07, 6.45) is 3.88. The van der Waals surface area contributed by atoms with E-state index in [0.717, 1.165) is 12.2 Å². The molecule has 6 heteroatoms. The standard InChI is InChI=1S/C14H16ClN3OS/c15-12-7-3-2-6-11(12)13-16-18(14(20)19-13)10-17-8-4-1-5-9-17/h2-3,6-7H,1,4-5,8-10H2/p+1. The highest BCUT2D eigenvalue weighted by Gasteiger charge is 2.17. The largest absolute Gasteiger partial charge is 0.409 e. The molecular weight excluding hydrogens is 294 g/mol. The first-order valence-electron chi connectivity index (χ1n) is 6.90. The Morgan fingerprint density at radius 2 is 2.00 bits per heavy atom. The molecule has 1 saturated heterocycles. The molecule has 1 fully saturated rings. The first kappa shape index (κ1) is 13.8. The van der Waals surface area contributed by atoms with Crippen LogP contribution in [-0.4, -0.2) is 22.9 Å². The van der Waals surface area contributed by atoms with Gasteiger partial charge < -0.3 is 9.32 Å². The summed E-state index contributed by atoms with van der Waals surface area (Å²) in [5, 5.41) is 5.10. The molecule has 106 valence electrons. The van der Waals surface area contributed by atoms with Gasteiger partial charge in [-0.1, -0.05) is 23.7 Å². The second-order valence-corrected chi connectivity index (χ2v) is 5.88. The fourth-order valence-electron chi connectivity index (χ4n) is 2.57. The van der Waals surface area contributed by atoms with E-state index < -0.39 is 0 Å². The number of piperidine rings is 1. The molecule has 1 N–H and O–H groups in total. The molecule has 1 aliphatic rings. The van der Waals surface area contributed by atoms with E-state index in [1.54, 1.807) is 4.68 Å². The zero-order chi connectivity index (χ0) is 13.9. The van der Waals surface area contributed by atoms with Gasteiger partial charge in [-0.3, -0.25) is 0 Å². The number of quaternary nitrogens is 1. The Balaban J connectivity index is 1.84. The summed E-state index contributed by atoms with van der Waals surface area (Å²) in [6.45, 7) is 3.12. The van der Waals surface area contributed by atoms with Crippen molar-refractivity contribution in [2.24, 2.45) is 0 Å². The maximum Gasteiger partial charge on any atom is 0.292 e. The van der Waals surface area contributed by atoms with Crippen LogP contribution >= 0.6 is 23.8 Å². The molecule has 0 bridgehead atoms. The van der Waals surface area contributed by atoms with Crippen LogP contribution in [0.25, 0.3) is 11.5 Å². The van der Waals surface area contributed by atoms with Crippen molar-refractivity contribution < 1.29 is 9.32 Å². The number of halogens is 1. The highest BCUT2D eigenvalue weighted by molar-refractivity contribution is 7.71. The summed E-state index contributed by atoms with van der Waals surface area (Å²) >= 11 is 11.4. The molecule has 1 aliphatic heterocycles. The van der Waals surface area contributed by atoms with Crippen LogP contribution in [0.4, 0.5) is 0 Å². The molecule has 0 radical (unpaired) electrons. The van der Waals surface area contributed by atoms with Crippen LogP contribution in [0.1, 0.15) is 19.3 Å². The Morgan fingerprint density at radius 3 is 2.75 bits per heavy atom. The number of hydrogen-bond acceptors (Lipinski definition) is 3. The van der Waals surface area contributed by atoms with Gasteiger partial charge in [0.25, 0.3) is 4.84 Å². The van der Waals surface area contributed by atoms with E-state index in [4.69, 9.17) is 28.2 Å². The average Bonchev–Trinajstić information content (AvgIpc) is 2.81. The average molecular weight is 311 g/mol. The topological polar surface area (TPSA) is 35.4 Å². The van der Waals surface area contributed by atoms with Crippen molar-refractivity contribution in [2.45, 2.75) is 25.9 Å². The molecule has 4 nitrogen and oxygen atoms in total. The molecule has 0 saturated carbocycles. The summed E-state index contributed by atoms with van der Waals surface area (Å²) in [5.74, 6) is 0.497. The van der Waals surface area contributed by atoms with Crippen LogP contribution in [0, 0.1) is 4.84 Å². The van der Waals surface area contributed by atoms with Crippen molar-refractivity contribution >= 4 is 23.8 Å². The molecule has 0 amide bonds. The maximum absolute atomic E-state index is 6.16. The van der Waals surface area contributed by atoms with E-state index in [1.807, 2.05) is 24.3 Å². The molecule has 0 aliphatic carbocycles. The Morgan fingerprint density at radius 1 is 1.25 bits per heavy atom. The molecule has 20 heavy (non-hydrogen) atoms. The van der Waals surface area contributed by atoms with Crippen LogP contribution < -0.4 is 4.90 Å². The zero-order valence-corrected chi connectivity index (χ0v) is 12.7. The smallest absolute Gasteiger partial charge is 0.292 e. The first-order valence-corrected chi connectivity index (χ1v) is 7.69. The molecule has 0 atom stereocenters. The van der Waals surface area contributed by atoms with Gasteiger partial charge in [0.05, 0.1) is 23.7 Å². The van der Waals surface area contributed by atoms with Crippen molar-refractivity contribution in [3.8, 4) is 11.5 Å². The predicted molar refractivity (Wildman–Crippen MR) is 80.3 cm³/mol. The molecule has 3 rings (SSSR count). The third-order valence-electron chi connectivity index (χ3n) is 3.64. The zero-order valence-electron chi connectivity index (χ0n) is 11.1. The quantitative estimate of drug-likeness (QED) is 0.885. The SMILES string of the molecule is S=c1oc(-c2ccccc2Cl)nn1C[NH+]1CCCCC1. The first-order chi connectivity index (χ1) is 9.74. The van der Waals surface area contributed by atoms with E-state index in [2.05, 4.69) is 5.10 Å². The Hall–Kier alpha value is -1.17. The van der Waals surface area contributed by atoms with E-state index in [1.165, 1.54) is 37.3 Å². The van der Waals surface area contributed by atoms with E-state index in [0.29, 0.717) is 15.8 Å². The second-order valence-electron chi connectivity index (χ2n) is 5.12. The number of rotatable bonds is 3. The Kier molecular flexibility index (Phi) is 4.19. The van der Waals surface area contributed by atoms with Gasteiger partial charge in [-0.05, 0) is 43.6 Å². The molecule has 0 spiro atoms. The lowest BCUT2D eigenvalue weighted by molar-refractivity contribution is -0.928. The normalized spacial score (nSPS) is 16.4. The van der Waals surface area contributed by atoms with Gasteiger partial charge in [0, 0.05) is 0 Å². The minimum Gasteiger partial charge on any atom is -0.409 e. The third kappa shape index (κ3) is 2.95. The molecule has 1 aromatic heterocycles. The number of hydrogen-bond donors (Lipinski definition) is 1. The molecule has 1 aromatic carbocycles. The van der Waals surface area contributed by atoms with Gasteiger partial charge in [0.15, 0.2) is 6.67 Å². The predicted octanol–water partition coefficient (Wildman–Crippen LogP) is 2.55. The van der Waals surface area contributed by atoms with Crippen molar-refractivity contribution in [1.29, 1.82) is 0 Å². The van der Waals surface area contributed by atoms with Gasteiger partial charge in [0.1, 0.15) is 0 Å². The number of aromatic nitrogens is 2. The molecule has 2 heterocycles. The van der Waals surface area contributed by atoms with Crippen molar-refractivity contribution in [3.63, 3.8) is 0 Å². The molecular formula is C14H17ClN3OS+. The molecule has 2 aromatic rings. The highest BCUT2D eigenvalue weighted by atomic mass is 35.5. The Bertz CT molecular complexity index is 646. The fourth-order valence-corrected chi connectivity index (χ4v) is 2.97. The van der Waals surface area contributed by atoms with Gasteiger partial charge >= 0.3 is 0 Å². The minimum absolute atomic E-state index is 0.415. The Labute approximate surface area is 128 Å². The van der Waals surface area contributed by atoms with Crippen LogP contribution in [0.15, 0.2) is 28.7 Å². The second kappa shape index (κ2) is 6.08. The monoisotopic (exact) mass is 310 g/mol. The fraction of sp³-hybridized carbons (Fsp3) is 0.429. The van der Waals surface area contributed by atoms with Crippen molar-refractivity contribution in [2.75, 3.05) is 13.1 Å². The van der Waals surface area contributed by atoms with E-state index in [9.17, 15) is 0 Å². The van der Waals surface area contributed by atoms with Crippen LogP contribution in [-0.2, 0) is 6.67 Å². The van der Waals surface area contributed by atoms with Crippen LogP contribution in [0.2, 0.25) is 5.02 Å². The summed E-state index contributed by atoms with van der Waals surface area (Å²) in [7, 11) is 0. The van der Waals surface area contributed by atoms with Gasteiger partial charge in [-0.15, -0.1) is 5.10 Å². The third-order valence-corrected chi connectivity index (χ3v) is 4.27. The summed E-state index contributed by atoms with van der Waals surface area (Å²) < 4.78 is 7.36. The summed E-state index contributed by atoms with van der Waals surface area (Å²) in [5.41, 5.74) is 0.785. The summed E-state index contributed by atoms with van der Waals surface area (Å²) in [6, 6.07) is 7.51. The van der Waals surface area contributed by atoms with Gasteiger partial charge in [-0.25, -0.2) is 0 Å². The minimum atomic E-state index is 0.415. The number of nitrogens with one attached hydrogen (secondary N) is 1. The van der Waals surface area contributed by atoms with Gasteiger partial charge in [0.2, 0.25) is 5.89 Å². The lowest BCUT2D eigenvalue weighted by atomic mass is 10.1. The van der Waals surface area contributed by atoms with E-state index >= 15 is 0 Å².